The lowest BCUT2D eigenvalue weighted by Crippen LogP contribution is -2.14. The van der Waals surface area contributed by atoms with Crippen LogP contribution in [0.15, 0.2) is 30.3 Å². The van der Waals surface area contributed by atoms with Crippen molar-refractivity contribution in [3.05, 3.63) is 57.9 Å². The van der Waals surface area contributed by atoms with Crippen molar-refractivity contribution in [2.45, 2.75) is 33.2 Å². The summed E-state index contributed by atoms with van der Waals surface area (Å²) in [4.78, 5) is 28.4. The molecule has 0 spiro atoms. The molecule has 1 aromatic carbocycles. The maximum absolute atomic E-state index is 12.4. The summed E-state index contributed by atoms with van der Waals surface area (Å²) < 4.78 is 1.94. The van der Waals surface area contributed by atoms with Crippen molar-refractivity contribution >= 4 is 40.0 Å². The van der Waals surface area contributed by atoms with Crippen LogP contribution in [0.25, 0.3) is 11.0 Å². The van der Waals surface area contributed by atoms with E-state index in [2.05, 4.69) is 4.98 Å². The Morgan fingerprint density at radius 2 is 1.96 bits per heavy atom. The number of nitrogen functional groups attached to an aromatic ring is 1. The van der Waals surface area contributed by atoms with Crippen LogP contribution < -0.4 is 11.5 Å². The molecule has 0 aliphatic carbocycles. The lowest BCUT2D eigenvalue weighted by Gasteiger charge is -2.12. The van der Waals surface area contributed by atoms with Crippen LogP contribution in [0.5, 0.6) is 0 Å². The van der Waals surface area contributed by atoms with Crippen molar-refractivity contribution in [2.24, 2.45) is 5.73 Å². The van der Waals surface area contributed by atoms with Crippen LogP contribution in [-0.2, 0) is 13.0 Å². The van der Waals surface area contributed by atoms with Crippen molar-refractivity contribution in [3.63, 3.8) is 0 Å². The van der Waals surface area contributed by atoms with Crippen LogP contribution in [0.4, 0.5) is 5.69 Å². The van der Waals surface area contributed by atoms with E-state index in [1.807, 2.05) is 17.6 Å². The van der Waals surface area contributed by atoms with Gasteiger partial charge in [-0.1, -0.05) is 31.0 Å². The standard InChI is InChI=1S/C20H21ClN4O2/c1-3-4-17-18(11(2)26)14-7-8-16(19(23)27)24-20(14)25(17)10-12-5-6-13(22)9-15(12)21/h5-9H,3-4,10,22H2,1-2H3,(H2,23,27). The van der Waals surface area contributed by atoms with Gasteiger partial charge in [0.15, 0.2) is 5.78 Å². The summed E-state index contributed by atoms with van der Waals surface area (Å²) in [5, 5.41) is 1.25. The quantitative estimate of drug-likeness (QED) is 0.500. The van der Waals surface area contributed by atoms with E-state index < -0.39 is 5.91 Å². The first kappa shape index (κ1) is 18.9. The van der Waals surface area contributed by atoms with Gasteiger partial charge in [0.05, 0.1) is 6.54 Å². The molecule has 3 aromatic rings. The van der Waals surface area contributed by atoms with E-state index in [0.717, 1.165) is 17.7 Å². The van der Waals surface area contributed by atoms with E-state index in [0.29, 0.717) is 40.3 Å². The minimum absolute atomic E-state index is 0.0424. The Hall–Kier alpha value is -2.86. The molecule has 7 heteroatoms. The number of rotatable bonds is 6. The van der Waals surface area contributed by atoms with Crippen LogP contribution in [-0.4, -0.2) is 21.2 Å². The lowest BCUT2D eigenvalue weighted by atomic mass is 10.1. The molecule has 27 heavy (non-hydrogen) atoms. The van der Waals surface area contributed by atoms with Gasteiger partial charge >= 0.3 is 0 Å². The van der Waals surface area contributed by atoms with Crippen molar-refractivity contribution in [2.75, 3.05) is 5.73 Å². The Kier molecular flexibility index (Phi) is 5.19. The van der Waals surface area contributed by atoms with Gasteiger partial charge in [-0.2, -0.15) is 0 Å². The monoisotopic (exact) mass is 384 g/mol. The number of nitrogens with zero attached hydrogens (tertiary/aromatic N) is 2. The second-order valence-corrected chi connectivity index (χ2v) is 6.90. The Labute approximate surface area is 162 Å². The molecule has 3 rings (SSSR count). The Morgan fingerprint density at radius 1 is 1.22 bits per heavy atom. The summed E-state index contributed by atoms with van der Waals surface area (Å²) in [5.74, 6) is -0.657. The first-order valence-electron chi connectivity index (χ1n) is 8.70. The van der Waals surface area contributed by atoms with Crippen molar-refractivity contribution in [1.82, 2.24) is 9.55 Å². The van der Waals surface area contributed by atoms with Crippen molar-refractivity contribution in [3.8, 4) is 0 Å². The summed E-state index contributed by atoms with van der Waals surface area (Å²) in [6, 6.07) is 8.61. The molecule has 0 atom stereocenters. The second kappa shape index (κ2) is 7.40. The Bertz CT molecular complexity index is 1060. The number of halogens is 1. The molecule has 0 aliphatic heterocycles. The summed E-state index contributed by atoms with van der Waals surface area (Å²) in [6.45, 7) is 3.99. The highest BCUT2D eigenvalue weighted by molar-refractivity contribution is 6.31. The van der Waals surface area contributed by atoms with Gasteiger partial charge in [-0.25, -0.2) is 4.98 Å². The highest BCUT2D eigenvalue weighted by atomic mass is 35.5. The molecule has 0 unspecified atom stereocenters. The Morgan fingerprint density at radius 3 is 2.56 bits per heavy atom. The molecule has 0 bridgehead atoms. The molecule has 0 aliphatic rings. The van der Waals surface area contributed by atoms with E-state index in [9.17, 15) is 9.59 Å². The van der Waals surface area contributed by atoms with Crippen molar-refractivity contribution < 1.29 is 9.59 Å². The molecular formula is C20H21ClN4O2. The normalized spacial score (nSPS) is 11.1. The van der Waals surface area contributed by atoms with Crippen LogP contribution in [0, 0.1) is 0 Å². The fourth-order valence-corrected chi connectivity index (χ4v) is 3.58. The van der Waals surface area contributed by atoms with Gasteiger partial charge < -0.3 is 16.0 Å². The van der Waals surface area contributed by atoms with Crippen molar-refractivity contribution in [1.29, 1.82) is 0 Å². The molecular weight excluding hydrogens is 364 g/mol. The number of ketones is 1. The van der Waals surface area contributed by atoms with E-state index in [1.54, 1.807) is 24.3 Å². The zero-order valence-electron chi connectivity index (χ0n) is 15.3. The average Bonchev–Trinajstić information content (AvgIpc) is 2.90. The fourth-order valence-electron chi connectivity index (χ4n) is 3.33. The second-order valence-electron chi connectivity index (χ2n) is 6.50. The minimum atomic E-state index is -0.614. The SMILES string of the molecule is CCCc1c(C(C)=O)c2ccc(C(N)=O)nc2n1Cc1ccc(N)cc1Cl. The van der Waals surface area contributed by atoms with Crippen LogP contribution in [0.2, 0.25) is 5.02 Å². The third-order valence-electron chi connectivity index (χ3n) is 4.51. The maximum atomic E-state index is 12.4. The molecule has 2 heterocycles. The lowest BCUT2D eigenvalue weighted by molar-refractivity contribution is 0.0993. The number of hydrogen-bond donors (Lipinski definition) is 2. The number of anilines is 1. The summed E-state index contributed by atoms with van der Waals surface area (Å²) in [7, 11) is 0. The molecule has 0 saturated heterocycles. The maximum Gasteiger partial charge on any atom is 0.267 e. The Balaban J connectivity index is 2.29. The number of Topliss-reactive ketones (excluding diaryl/α,β-unsaturated/α-hetero) is 1. The van der Waals surface area contributed by atoms with Gasteiger partial charge in [-0.3, -0.25) is 9.59 Å². The molecule has 140 valence electrons. The molecule has 0 radical (unpaired) electrons. The summed E-state index contributed by atoms with van der Waals surface area (Å²) >= 11 is 6.36. The molecule has 4 N–H and O–H groups in total. The number of fused-ring (bicyclic) bond motifs is 1. The molecule has 1 amide bonds. The largest absolute Gasteiger partial charge is 0.399 e. The number of hydrogen-bond acceptors (Lipinski definition) is 4. The van der Waals surface area contributed by atoms with Gasteiger partial charge in [0, 0.05) is 27.4 Å². The van der Waals surface area contributed by atoms with E-state index >= 15 is 0 Å². The number of amides is 1. The zero-order valence-corrected chi connectivity index (χ0v) is 16.0. The van der Waals surface area contributed by atoms with Crippen LogP contribution in [0.3, 0.4) is 0 Å². The highest BCUT2D eigenvalue weighted by Crippen LogP contribution is 2.30. The predicted octanol–water partition coefficient (Wildman–Crippen LogP) is 3.57. The first-order valence-corrected chi connectivity index (χ1v) is 9.08. The highest BCUT2D eigenvalue weighted by Gasteiger charge is 2.22. The van der Waals surface area contributed by atoms with E-state index in [4.69, 9.17) is 23.1 Å². The smallest absolute Gasteiger partial charge is 0.267 e. The topological polar surface area (TPSA) is 104 Å². The van der Waals surface area contributed by atoms with Gasteiger partial charge in [-0.15, -0.1) is 0 Å². The zero-order chi connectivity index (χ0) is 19.7. The minimum Gasteiger partial charge on any atom is -0.399 e. The van der Waals surface area contributed by atoms with Gasteiger partial charge in [0.1, 0.15) is 11.3 Å². The molecule has 2 aromatic heterocycles. The summed E-state index contributed by atoms with van der Waals surface area (Å²) in [5.41, 5.74) is 14.8. The van der Waals surface area contributed by atoms with Gasteiger partial charge in [-0.05, 0) is 43.2 Å². The number of primary amides is 1. The predicted molar refractivity (Wildman–Crippen MR) is 107 cm³/mol. The number of carbonyl (C=O) groups is 2. The molecule has 0 fully saturated rings. The number of nitrogens with two attached hydrogens (primary N) is 2. The summed E-state index contributed by atoms with van der Waals surface area (Å²) in [6.07, 6.45) is 1.55. The average molecular weight is 385 g/mol. The molecule has 6 nitrogen and oxygen atoms in total. The third kappa shape index (κ3) is 3.53. The first-order chi connectivity index (χ1) is 12.8. The number of pyridine rings is 1. The third-order valence-corrected chi connectivity index (χ3v) is 4.86. The fraction of sp³-hybridized carbons (Fsp3) is 0.250. The number of carbonyl (C=O) groups excluding carboxylic acids is 2. The molecule has 0 saturated carbocycles. The number of aromatic nitrogens is 2. The van der Waals surface area contributed by atoms with Crippen LogP contribution in [0.1, 0.15) is 52.4 Å². The van der Waals surface area contributed by atoms with Gasteiger partial charge in [0.2, 0.25) is 0 Å². The van der Waals surface area contributed by atoms with E-state index in [1.165, 1.54) is 6.92 Å². The van der Waals surface area contributed by atoms with Crippen LogP contribution >= 0.6 is 11.6 Å². The number of benzene rings is 1. The van der Waals surface area contributed by atoms with Gasteiger partial charge in [0.25, 0.3) is 5.91 Å². The van der Waals surface area contributed by atoms with E-state index in [-0.39, 0.29) is 11.5 Å².